The lowest BCUT2D eigenvalue weighted by molar-refractivity contribution is 0.504. The van der Waals surface area contributed by atoms with Gasteiger partial charge in [0.25, 0.3) is 0 Å². The van der Waals surface area contributed by atoms with Crippen LogP contribution in [0, 0.1) is 0 Å². The minimum Gasteiger partial charge on any atom is -0.408 e. The molecule has 2 heterocycles. The quantitative estimate of drug-likeness (QED) is 0.809. The van der Waals surface area contributed by atoms with Crippen molar-refractivity contribution in [1.82, 2.24) is 10.2 Å². The fraction of sp³-hybridized carbons (Fsp3) is 0.800. The summed E-state index contributed by atoms with van der Waals surface area (Å²) < 4.78 is 5.39. The van der Waals surface area contributed by atoms with E-state index in [1.54, 1.807) is 0 Å². The number of nitrogens with zero attached hydrogens (tertiary/aromatic N) is 2. The summed E-state index contributed by atoms with van der Waals surface area (Å²) in [6.07, 6.45) is 4.61. The van der Waals surface area contributed by atoms with Crippen molar-refractivity contribution < 1.29 is 4.42 Å². The minimum absolute atomic E-state index is 0.523. The Bertz CT molecular complexity index is 312. The van der Waals surface area contributed by atoms with Crippen LogP contribution < -0.4 is 11.1 Å². The van der Waals surface area contributed by atoms with Crippen molar-refractivity contribution in [2.45, 2.75) is 30.9 Å². The number of anilines is 1. The molecule has 1 fully saturated rings. The van der Waals surface area contributed by atoms with E-state index in [0.29, 0.717) is 30.1 Å². The van der Waals surface area contributed by atoms with Crippen LogP contribution in [0.1, 0.15) is 25.2 Å². The third-order valence-electron chi connectivity index (χ3n) is 2.58. The van der Waals surface area contributed by atoms with Gasteiger partial charge in [-0.25, -0.2) is 0 Å². The normalized spacial score (nSPS) is 20.9. The van der Waals surface area contributed by atoms with Gasteiger partial charge in [-0.15, -0.1) is 5.10 Å². The number of nitrogens with two attached hydrogens (primary N) is 1. The molecular formula is C10H18N4OS. The summed E-state index contributed by atoms with van der Waals surface area (Å²) in [5.74, 6) is 1.88. The predicted octanol–water partition coefficient (Wildman–Crippen LogP) is 1.27. The van der Waals surface area contributed by atoms with Gasteiger partial charge in [-0.3, -0.25) is 0 Å². The molecule has 16 heavy (non-hydrogen) atoms. The molecule has 0 amide bonds. The van der Waals surface area contributed by atoms with E-state index in [1.165, 1.54) is 25.0 Å². The van der Waals surface area contributed by atoms with E-state index in [9.17, 15) is 0 Å². The van der Waals surface area contributed by atoms with Crippen LogP contribution in [0.2, 0.25) is 0 Å². The summed E-state index contributed by atoms with van der Waals surface area (Å²) in [4.78, 5) is 0. The van der Waals surface area contributed by atoms with E-state index in [2.05, 4.69) is 15.5 Å². The smallest absolute Gasteiger partial charge is 0.315 e. The van der Waals surface area contributed by atoms with Gasteiger partial charge in [0.2, 0.25) is 5.89 Å². The van der Waals surface area contributed by atoms with E-state index in [1.807, 2.05) is 11.8 Å². The predicted molar refractivity (Wildman–Crippen MR) is 65.6 cm³/mol. The van der Waals surface area contributed by atoms with Crippen LogP contribution in [-0.4, -0.2) is 34.3 Å². The molecule has 6 heteroatoms. The zero-order chi connectivity index (χ0) is 11.2. The SMILES string of the molecule is NCCc1nnc(NCC2CCCCS2)o1. The lowest BCUT2D eigenvalue weighted by atomic mass is 10.2. The molecule has 0 spiro atoms. The molecule has 0 aliphatic carbocycles. The molecule has 5 nitrogen and oxygen atoms in total. The molecule has 1 atom stereocenters. The summed E-state index contributed by atoms with van der Waals surface area (Å²) in [6.45, 7) is 1.45. The molecule has 0 bridgehead atoms. The molecule has 90 valence electrons. The molecule has 1 aliphatic rings. The first kappa shape index (κ1) is 11.7. The maximum Gasteiger partial charge on any atom is 0.315 e. The summed E-state index contributed by atoms with van der Waals surface area (Å²) in [5, 5.41) is 11.7. The first-order valence-corrected chi connectivity index (χ1v) is 6.81. The molecule has 3 N–H and O–H groups in total. The van der Waals surface area contributed by atoms with Gasteiger partial charge >= 0.3 is 6.01 Å². The summed E-state index contributed by atoms with van der Waals surface area (Å²) in [7, 11) is 0. The van der Waals surface area contributed by atoms with E-state index in [0.717, 1.165) is 6.54 Å². The zero-order valence-corrected chi connectivity index (χ0v) is 10.1. The molecular weight excluding hydrogens is 224 g/mol. The molecule has 0 radical (unpaired) electrons. The number of aromatic nitrogens is 2. The zero-order valence-electron chi connectivity index (χ0n) is 9.32. The van der Waals surface area contributed by atoms with E-state index >= 15 is 0 Å². The summed E-state index contributed by atoms with van der Waals surface area (Å²) in [6, 6.07) is 0.523. The van der Waals surface area contributed by atoms with Crippen LogP contribution in [-0.2, 0) is 6.42 Å². The van der Waals surface area contributed by atoms with Crippen molar-refractivity contribution in [3.63, 3.8) is 0 Å². The molecule has 1 unspecified atom stereocenters. The first-order chi connectivity index (χ1) is 7.88. The van der Waals surface area contributed by atoms with Crippen LogP contribution in [0.4, 0.5) is 6.01 Å². The average Bonchev–Trinajstić information content (AvgIpc) is 2.76. The highest BCUT2D eigenvalue weighted by Gasteiger charge is 2.14. The Hall–Kier alpha value is -0.750. The second-order valence-electron chi connectivity index (χ2n) is 3.91. The molecule has 1 aromatic heterocycles. The lowest BCUT2D eigenvalue weighted by Crippen LogP contribution is -2.20. The van der Waals surface area contributed by atoms with Gasteiger partial charge in [0.15, 0.2) is 0 Å². The van der Waals surface area contributed by atoms with Crippen LogP contribution in [0.5, 0.6) is 0 Å². The van der Waals surface area contributed by atoms with Crippen LogP contribution in [0.15, 0.2) is 4.42 Å². The Morgan fingerprint density at radius 2 is 2.38 bits per heavy atom. The van der Waals surface area contributed by atoms with Gasteiger partial charge in [0.1, 0.15) is 0 Å². The van der Waals surface area contributed by atoms with Crippen molar-refractivity contribution in [3.8, 4) is 0 Å². The van der Waals surface area contributed by atoms with Crippen LogP contribution in [0.25, 0.3) is 0 Å². The maximum atomic E-state index is 5.41. The lowest BCUT2D eigenvalue weighted by Gasteiger charge is -2.20. The number of hydrogen-bond acceptors (Lipinski definition) is 6. The fourth-order valence-electron chi connectivity index (χ4n) is 1.72. The monoisotopic (exact) mass is 242 g/mol. The molecule has 1 aromatic rings. The molecule has 1 saturated heterocycles. The maximum absolute atomic E-state index is 5.41. The highest BCUT2D eigenvalue weighted by molar-refractivity contribution is 7.99. The largest absolute Gasteiger partial charge is 0.408 e. The number of hydrogen-bond donors (Lipinski definition) is 2. The summed E-state index contributed by atoms with van der Waals surface area (Å²) >= 11 is 2.03. The minimum atomic E-state index is 0.523. The van der Waals surface area contributed by atoms with Gasteiger partial charge < -0.3 is 15.5 Å². The second-order valence-corrected chi connectivity index (χ2v) is 5.32. The van der Waals surface area contributed by atoms with Crippen molar-refractivity contribution in [2.24, 2.45) is 5.73 Å². The van der Waals surface area contributed by atoms with Crippen LogP contribution >= 0.6 is 11.8 Å². The molecule has 1 aliphatic heterocycles. The summed E-state index contributed by atoms with van der Waals surface area (Å²) in [5.41, 5.74) is 5.41. The third kappa shape index (κ3) is 3.38. The van der Waals surface area contributed by atoms with Gasteiger partial charge in [0, 0.05) is 24.8 Å². The van der Waals surface area contributed by atoms with Gasteiger partial charge in [0.05, 0.1) is 0 Å². The Morgan fingerprint density at radius 3 is 3.12 bits per heavy atom. The fourth-order valence-corrected chi connectivity index (χ4v) is 2.96. The van der Waals surface area contributed by atoms with Crippen LogP contribution in [0.3, 0.4) is 0 Å². The topological polar surface area (TPSA) is 77.0 Å². The Kier molecular flexibility index (Phi) is 4.47. The molecule has 2 rings (SSSR count). The van der Waals surface area contributed by atoms with Crippen molar-refractivity contribution in [3.05, 3.63) is 5.89 Å². The van der Waals surface area contributed by atoms with Gasteiger partial charge in [-0.2, -0.15) is 11.8 Å². The third-order valence-corrected chi connectivity index (χ3v) is 3.98. The molecule has 0 aromatic carbocycles. The second kappa shape index (κ2) is 6.10. The standard InChI is InChI=1S/C10H18N4OS/c11-5-4-9-13-14-10(15-9)12-7-8-3-1-2-6-16-8/h8H,1-7,11H2,(H,12,14). The Balaban J connectivity index is 1.75. The van der Waals surface area contributed by atoms with Gasteiger partial charge in [-0.1, -0.05) is 11.5 Å². The number of thioether (sulfide) groups is 1. The van der Waals surface area contributed by atoms with E-state index in [-0.39, 0.29) is 0 Å². The highest BCUT2D eigenvalue weighted by atomic mass is 32.2. The van der Waals surface area contributed by atoms with E-state index < -0.39 is 0 Å². The number of nitrogens with one attached hydrogen (secondary N) is 1. The number of rotatable bonds is 5. The van der Waals surface area contributed by atoms with E-state index in [4.69, 9.17) is 10.2 Å². The highest BCUT2D eigenvalue weighted by Crippen LogP contribution is 2.25. The Morgan fingerprint density at radius 1 is 1.44 bits per heavy atom. The molecule has 0 saturated carbocycles. The van der Waals surface area contributed by atoms with Gasteiger partial charge in [-0.05, 0) is 18.6 Å². The Labute approximate surface area is 99.6 Å². The van der Waals surface area contributed by atoms with Crippen molar-refractivity contribution >= 4 is 17.8 Å². The first-order valence-electron chi connectivity index (χ1n) is 5.76. The van der Waals surface area contributed by atoms with Crippen molar-refractivity contribution in [2.75, 3.05) is 24.2 Å². The van der Waals surface area contributed by atoms with Crippen molar-refractivity contribution in [1.29, 1.82) is 0 Å². The average molecular weight is 242 g/mol.